The number of nitrogens with one attached hydrogen (secondary N) is 1. The van der Waals surface area contributed by atoms with Crippen molar-refractivity contribution in [1.29, 1.82) is 0 Å². The van der Waals surface area contributed by atoms with E-state index in [0.717, 1.165) is 18.2 Å². The molecule has 8 nitrogen and oxygen atoms in total. The van der Waals surface area contributed by atoms with E-state index in [9.17, 15) is 19.7 Å². The molecule has 0 radical (unpaired) electrons. The van der Waals surface area contributed by atoms with E-state index in [-0.39, 0.29) is 11.3 Å². The lowest BCUT2D eigenvalue weighted by atomic mass is 10.1. The first-order chi connectivity index (χ1) is 13.9. The van der Waals surface area contributed by atoms with E-state index in [1.807, 2.05) is 30.3 Å². The summed E-state index contributed by atoms with van der Waals surface area (Å²) in [5.41, 5.74) is 0.290. The summed E-state index contributed by atoms with van der Waals surface area (Å²) in [4.78, 5) is 37.4. The fraction of sp³-hybridized carbons (Fsp3) is 0.300. The van der Waals surface area contributed by atoms with Gasteiger partial charge in [-0.15, -0.1) is 11.8 Å². The third-order valence-electron chi connectivity index (χ3n) is 3.88. The lowest BCUT2D eigenvalue weighted by molar-refractivity contribution is -0.384. The molecule has 0 heterocycles. The van der Waals surface area contributed by atoms with Crippen molar-refractivity contribution in [2.75, 3.05) is 37.9 Å². The van der Waals surface area contributed by atoms with Gasteiger partial charge in [-0.2, -0.15) is 0 Å². The Morgan fingerprint density at radius 1 is 1.17 bits per heavy atom. The highest BCUT2D eigenvalue weighted by Gasteiger charge is 2.20. The predicted octanol–water partition coefficient (Wildman–Crippen LogP) is 3.12. The number of nitro groups is 1. The number of carbonyl (C=O) groups excluding carboxylic acids is 2. The molecule has 0 saturated heterocycles. The van der Waals surface area contributed by atoms with Crippen LogP contribution in [0.15, 0.2) is 53.4 Å². The van der Waals surface area contributed by atoms with E-state index in [4.69, 9.17) is 4.74 Å². The molecule has 0 bridgehead atoms. The van der Waals surface area contributed by atoms with Crippen molar-refractivity contribution in [3.63, 3.8) is 0 Å². The summed E-state index contributed by atoms with van der Waals surface area (Å²) >= 11 is 1.70. The maximum atomic E-state index is 12.3. The van der Waals surface area contributed by atoms with Crippen LogP contribution in [0.1, 0.15) is 16.8 Å². The van der Waals surface area contributed by atoms with Gasteiger partial charge < -0.3 is 15.0 Å². The molecule has 0 fully saturated rings. The van der Waals surface area contributed by atoms with Crippen LogP contribution in [-0.2, 0) is 9.53 Å². The van der Waals surface area contributed by atoms with Gasteiger partial charge in [0.2, 0.25) is 0 Å². The minimum atomic E-state index is -0.785. The van der Waals surface area contributed by atoms with Gasteiger partial charge in [0.15, 0.2) is 6.61 Å². The quantitative estimate of drug-likeness (QED) is 0.208. The molecule has 0 aliphatic carbocycles. The lowest BCUT2D eigenvalue weighted by Crippen LogP contribution is -2.30. The van der Waals surface area contributed by atoms with Crippen molar-refractivity contribution in [3.8, 4) is 0 Å². The number of hydrogen-bond acceptors (Lipinski definition) is 7. The second kappa shape index (κ2) is 11.1. The number of benzene rings is 2. The van der Waals surface area contributed by atoms with Gasteiger partial charge in [0.05, 0.1) is 16.2 Å². The maximum Gasteiger partial charge on any atom is 0.341 e. The molecular formula is C20H23N3O5S. The zero-order chi connectivity index (χ0) is 21.2. The van der Waals surface area contributed by atoms with Gasteiger partial charge in [0.1, 0.15) is 0 Å². The van der Waals surface area contributed by atoms with Gasteiger partial charge in [-0.3, -0.25) is 14.9 Å². The third-order valence-corrected chi connectivity index (χ3v) is 4.98. The van der Waals surface area contributed by atoms with Crippen molar-refractivity contribution >= 4 is 35.0 Å². The second-order valence-electron chi connectivity index (χ2n) is 6.29. The summed E-state index contributed by atoms with van der Waals surface area (Å²) < 4.78 is 5.04. The van der Waals surface area contributed by atoms with Crippen LogP contribution in [-0.4, -0.2) is 49.8 Å². The van der Waals surface area contributed by atoms with Gasteiger partial charge in [-0.05, 0) is 30.4 Å². The molecule has 0 aromatic heterocycles. The van der Waals surface area contributed by atoms with Crippen molar-refractivity contribution < 1.29 is 19.2 Å². The van der Waals surface area contributed by atoms with Crippen LogP contribution < -0.4 is 10.2 Å². The maximum absolute atomic E-state index is 12.3. The first-order valence-corrected chi connectivity index (χ1v) is 9.94. The number of non-ortho nitro benzene ring substituents is 1. The molecule has 0 aliphatic rings. The van der Waals surface area contributed by atoms with E-state index >= 15 is 0 Å². The van der Waals surface area contributed by atoms with E-state index in [0.29, 0.717) is 12.2 Å². The summed E-state index contributed by atoms with van der Waals surface area (Å²) in [7, 11) is 3.41. The molecule has 2 aromatic carbocycles. The number of anilines is 1. The van der Waals surface area contributed by atoms with Crippen LogP contribution in [0.5, 0.6) is 0 Å². The molecule has 0 atom stereocenters. The zero-order valence-electron chi connectivity index (χ0n) is 16.3. The van der Waals surface area contributed by atoms with Crippen LogP contribution in [0.25, 0.3) is 0 Å². The number of ether oxygens (including phenoxy) is 1. The Morgan fingerprint density at radius 3 is 2.55 bits per heavy atom. The summed E-state index contributed by atoms with van der Waals surface area (Å²) in [6.45, 7) is 0.0240. The van der Waals surface area contributed by atoms with Crippen LogP contribution >= 0.6 is 11.8 Å². The Morgan fingerprint density at radius 2 is 1.90 bits per heavy atom. The van der Waals surface area contributed by atoms with Crippen molar-refractivity contribution in [3.05, 3.63) is 64.2 Å². The highest BCUT2D eigenvalue weighted by atomic mass is 32.2. The van der Waals surface area contributed by atoms with Crippen LogP contribution in [0.3, 0.4) is 0 Å². The number of thioether (sulfide) groups is 1. The van der Waals surface area contributed by atoms with Gasteiger partial charge in [-0.1, -0.05) is 18.2 Å². The summed E-state index contributed by atoms with van der Waals surface area (Å²) in [6, 6.07) is 13.9. The average Bonchev–Trinajstić information content (AvgIpc) is 2.71. The van der Waals surface area contributed by atoms with E-state index in [2.05, 4.69) is 5.32 Å². The van der Waals surface area contributed by atoms with Gasteiger partial charge in [-0.25, -0.2) is 4.79 Å². The fourth-order valence-corrected chi connectivity index (χ4v) is 3.33. The molecule has 1 N–H and O–H groups in total. The van der Waals surface area contributed by atoms with Crippen molar-refractivity contribution in [1.82, 2.24) is 5.32 Å². The van der Waals surface area contributed by atoms with Crippen LogP contribution in [0.4, 0.5) is 11.4 Å². The molecule has 2 rings (SSSR count). The molecule has 154 valence electrons. The Balaban J connectivity index is 1.78. The SMILES string of the molecule is CN(C)c1ccc([N+](=O)[O-])cc1C(=O)OCC(=O)NCCCSc1ccccc1. The number of esters is 1. The van der Waals surface area contributed by atoms with Crippen LogP contribution in [0, 0.1) is 10.1 Å². The van der Waals surface area contributed by atoms with Crippen LogP contribution in [0.2, 0.25) is 0 Å². The highest BCUT2D eigenvalue weighted by Crippen LogP contribution is 2.25. The van der Waals surface area contributed by atoms with Gasteiger partial charge in [0.25, 0.3) is 11.6 Å². The average molecular weight is 417 g/mol. The Hall–Kier alpha value is -3.07. The number of carbonyl (C=O) groups is 2. The number of hydrogen-bond donors (Lipinski definition) is 1. The minimum Gasteiger partial charge on any atom is -0.452 e. The normalized spacial score (nSPS) is 10.3. The molecular weight excluding hydrogens is 394 g/mol. The molecule has 0 unspecified atom stereocenters. The monoisotopic (exact) mass is 417 g/mol. The van der Waals surface area contributed by atoms with E-state index in [1.54, 1.807) is 30.8 Å². The van der Waals surface area contributed by atoms with Gasteiger partial charge >= 0.3 is 5.97 Å². The largest absolute Gasteiger partial charge is 0.452 e. The third kappa shape index (κ3) is 7.11. The second-order valence-corrected chi connectivity index (χ2v) is 7.46. The highest BCUT2D eigenvalue weighted by molar-refractivity contribution is 7.99. The molecule has 0 saturated carbocycles. The number of nitrogens with zero attached hydrogens (tertiary/aromatic N) is 2. The first kappa shape index (κ1) is 22.2. The Kier molecular flexibility index (Phi) is 8.47. The topological polar surface area (TPSA) is 102 Å². The van der Waals surface area contributed by atoms with Gasteiger partial charge in [0, 0.05) is 37.7 Å². The number of amides is 1. The number of nitro benzene ring substituents is 1. The fourth-order valence-electron chi connectivity index (χ4n) is 2.46. The summed E-state index contributed by atoms with van der Waals surface area (Å²) in [6.07, 6.45) is 0.773. The molecule has 0 spiro atoms. The zero-order valence-corrected chi connectivity index (χ0v) is 17.1. The van der Waals surface area contributed by atoms with E-state index in [1.165, 1.54) is 17.0 Å². The minimum absolute atomic E-state index is 0.0382. The van der Waals surface area contributed by atoms with Crippen molar-refractivity contribution in [2.24, 2.45) is 0 Å². The Labute approximate surface area is 173 Å². The van der Waals surface area contributed by atoms with E-state index < -0.39 is 23.4 Å². The molecule has 1 amide bonds. The lowest BCUT2D eigenvalue weighted by Gasteiger charge is -2.16. The summed E-state index contributed by atoms with van der Waals surface area (Å²) in [5.74, 6) is -0.351. The molecule has 29 heavy (non-hydrogen) atoms. The van der Waals surface area contributed by atoms with Crippen molar-refractivity contribution in [2.45, 2.75) is 11.3 Å². The smallest absolute Gasteiger partial charge is 0.341 e. The number of rotatable bonds is 10. The standard InChI is InChI=1S/C20H23N3O5S/c1-22(2)18-10-9-15(23(26)27)13-17(18)20(25)28-14-19(24)21-11-6-12-29-16-7-4-3-5-8-16/h3-5,7-10,13H,6,11-12,14H2,1-2H3,(H,21,24). The first-order valence-electron chi connectivity index (χ1n) is 8.96. The molecule has 9 heteroatoms. The molecule has 0 aliphatic heterocycles. The Bertz CT molecular complexity index is 858. The predicted molar refractivity (Wildman–Crippen MR) is 112 cm³/mol. The molecule has 2 aromatic rings. The summed E-state index contributed by atoms with van der Waals surface area (Å²) in [5, 5.41) is 13.7.